The van der Waals surface area contributed by atoms with Gasteiger partial charge in [0, 0.05) is 27.2 Å². The third-order valence-corrected chi connectivity index (χ3v) is 5.38. The van der Waals surface area contributed by atoms with E-state index in [9.17, 15) is 4.21 Å². The van der Waals surface area contributed by atoms with E-state index in [-0.39, 0.29) is 11.3 Å². The van der Waals surface area contributed by atoms with E-state index in [2.05, 4.69) is 12.2 Å². The van der Waals surface area contributed by atoms with Gasteiger partial charge in [-0.1, -0.05) is 32.0 Å². The summed E-state index contributed by atoms with van der Waals surface area (Å²) in [5.41, 5.74) is 0.882. The van der Waals surface area contributed by atoms with Gasteiger partial charge in [-0.2, -0.15) is 0 Å². The van der Waals surface area contributed by atoms with Crippen molar-refractivity contribution in [3.8, 4) is 0 Å². The molecule has 1 heterocycles. The molecule has 0 saturated heterocycles. The Morgan fingerprint density at radius 2 is 2.11 bits per heavy atom. The molecule has 104 valence electrons. The lowest BCUT2D eigenvalue weighted by atomic mass is 10.2. The first-order valence-corrected chi connectivity index (χ1v) is 8.06. The van der Waals surface area contributed by atoms with E-state index in [4.69, 9.17) is 4.42 Å². The van der Waals surface area contributed by atoms with E-state index in [1.54, 1.807) is 0 Å². The highest BCUT2D eigenvalue weighted by molar-refractivity contribution is 7.85. The van der Waals surface area contributed by atoms with Gasteiger partial charge in [-0.05, 0) is 25.6 Å². The van der Waals surface area contributed by atoms with Gasteiger partial charge in [0.2, 0.25) is 0 Å². The molecule has 0 aliphatic rings. The standard InChI is InChI=1S/C15H21NO2S/c1-4-11(2)19(17)10-13(16-3)15-9-12-7-5-6-8-14(12)18-15/h5-9,11,13,16H,4,10H2,1-3H3. The molecule has 0 saturated carbocycles. The fraction of sp³-hybridized carbons (Fsp3) is 0.467. The van der Waals surface area contributed by atoms with Gasteiger partial charge in [-0.15, -0.1) is 0 Å². The lowest BCUT2D eigenvalue weighted by Crippen LogP contribution is -2.25. The lowest BCUT2D eigenvalue weighted by molar-refractivity contribution is 0.476. The Hall–Kier alpha value is -1.13. The van der Waals surface area contributed by atoms with Gasteiger partial charge in [0.25, 0.3) is 0 Å². The maximum Gasteiger partial charge on any atom is 0.134 e. The molecule has 3 atom stereocenters. The van der Waals surface area contributed by atoms with Crippen LogP contribution in [-0.2, 0) is 10.8 Å². The molecule has 1 N–H and O–H groups in total. The zero-order chi connectivity index (χ0) is 13.8. The molecule has 0 bridgehead atoms. The van der Waals surface area contributed by atoms with Crippen molar-refractivity contribution in [2.24, 2.45) is 0 Å². The van der Waals surface area contributed by atoms with Gasteiger partial charge in [-0.3, -0.25) is 4.21 Å². The van der Waals surface area contributed by atoms with Crippen LogP contribution in [0.1, 0.15) is 32.1 Å². The Bertz CT molecular complexity index is 531. The van der Waals surface area contributed by atoms with E-state index >= 15 is 0 Å². The summed E-state index contributed by atoms with van der Waals surface area (Å²) in [5, 5.41) is 4.51. The van der Waals surface area contributed by atoms with Crippen molar-refractivity contribution in [2.45, 2.75) is 31.6 Å². The summed E-state index contributed by atoms with van der Waals surface area (Å²) in [4.78, 5) is 0. The van der Waals surface area contributed by atoms with Crippen molar-refractivity contribution >= 4 is 21.8 Å². The van der Waals surface area contributed by atoms with Crippen LogP contribution in [0.2, 0.25) is 0 Å². The minimum Gasteiger partial charge on any atom is -0.459 e. The molecule has 0 aliphatic carbocycles. The number of rotatable bonds is 6. The minimum atomic E-state index is -0.839. The molecule has 0 fully saturated rings. The monoisotopic (exact) mass is 279 g/mol. The molecule has 3 unspecified atom stereocenters. The summed E-state index contributed by atoms with van der Waals surface area (Å²) in [6.45, 7) is 4.10. The SMILES string of the molecule is CCC(C)S(=O)CC(NC)c1cc2ccccc2o1. The normalized spacial score (nSPS) is 16.4. The van der Waals surface area contributed by atoms with Gasteiger partial charge in [0.05, 0.1) is 6.04 Å². The molecular weight excluding hydrogens is 258 g/mol. The van der Waals surface area contributed by atoms with Crippen LogP contribution in [0.5, 0.6) is 0 Å². The van der Waals surface area contributed by atoms with E-state index in [1.165, 1.54) is 0 Å². The van der Waals surface area contributed by atoms with Crippen LogP contribution >= 0.6 is 0 Å². The number of fused-ring (bicyclic) bond motifs is 1. The summed E-state index contributed by atoms with van der Waals surface area (Å²) in [6.07, 6.45) is 0.934. The van der Waals surface area contributed by atoms with Crippen LogP contribution in [0.25, 0.3) is 11.0 Å². The Morgan fingerprint density at radius 1 is 1.37 bits per heavy atom. The molecule has 19 heavy (non-hydrogen) atoms. The molecule has 3 nitrogen and oxygen atoms in total. The van der Waals surface area contributed by atoms with Crippen LogP contribution < -0.4 is 5.32 Å². The van der Waals surface area contributed by atoms with Crippen LogP contribution in [-0.4, -0.2) is 22.3 Å². The van der Waals surface area contributed by atoms with Crippen LogP contribution in [0.3, 0.4) is 0 Å². The van der Waals surface area contributed by atoms with Crippen molar-refractivity contribution in [3.63, 3.8) is 0 Å². The number of benzene rings is 1. The van der Waals surface area contributed by atoms with E-state index in [1.807, 2.05) is 44.3 Å². The Labute approximate surface area is 116 Å². The quantitative estimate of drug-likeness (QED) is 0.882. The molecular formula is C15H21NO2S. The van der Waals surface area contributed by atoms with Crippen LogP contribution in [0, 0.1) is 0 Å². The third-order valence-electron chi connectivity index (χ3n) is 3.49. The largest absolute Gasteiger partial charge is 0.459 e. The lowest BCUT2D eigenvalue weighted by Gasteiger charge is -2.15. The molecule has 0 spiro atoms. The molecule has 0 amide bonds. The topological polar surface area (TPSA) is 42.2 Å². The van der Waals surface area contributed by atoms with Gasteiger partial charge < -0.3 is 9.73 Å². The fourth-order valence-electron chi connectivity index (χ4n) is 2.00. The van der Waals surface area contributed by atoms with Crippen molar-refractivity contribution in [1.29, 1.82) is 0 Å². The summed E-state index contributed by atoms with van der Waals surface area (Å²) in [5.74, 6) is 1.45. The predicted octanol–water partition coefficient (Wildman–Crippen LogP) is 3.24. The minimum absolute atomic E-state index is 0.00207. The van der Waals surface area contributed by atoms with E-state index < -0.39 is 10.8 Å². The zero-order valence-corrected chi connectivity index (χ0v) is 12.5. The molecule has 2 rings (SSSR count). The Balaban J connectivity index is 2.19. The number of nitrogens with one attached hydrogen (secondary N) is 1. The molecule has 4 heteroatoms. The zero-order valence-electron chi connectivity index (χ0n) is 11.7. The molecule has 0 radical (unpaired) electrons. The number of hydrogen-bond donors (Lipinski definition) is 1. The van der Waals surface area contributed by atoms with Crippen molar-refractivity contribution in [2.75, 3.05) is 12.8 Å². The fourth-order valence-corrected chi connectivity index (χ4v) is 3.36. The maximum absolute atomic E-state index is 12.2. The maximum atomic E-state index is 12.2. The van der Waals surface area contributed by atoms with Gasteiger partial charge in [0.15, 0.2) is 0 Å². The second kappa shape index (κ2) is 6.35. The highest BCUT2D eigenvalue weighted by atomic mass is 32.2. The van der Waals surface area contributed by atoms with Gasteiger partial charge >= 0.3 is 0 Å². The molecule has 0 aliphatic heterocycles. The Morgan fingerprint density at radius 3 is 2.74 bits per heavy atom. The molecule has 1 aromatic carbocycles. The van der Waals surface area contributed by atoms with E-state index in [0.29, 0.717) is 5.75 Å². The first kappa shape index (κ1) is 14.3. The first-order valence-electron chi connectivity index (χ1n) is 6.68. The van der Waals surface area contributed by atoms with Gasteiger partial charge in [0.1, 0.15) is 11.3 Å². The molecule has 1 aromatic heterocycles. The van der Waals surface area contributed by atoms with Crippen LogP contribution in [0.4, 0.5) is 0 Å². The number of furan rings is 1. The number of para-hydroxylation sites is 1. The third kappa shape index (κ3) is 3.25. The summed E-state index contributed by atoms with van der Waals surface area (Å²) >= 11 is 0. The highest BCUT2D eigenvalue weighted by Gasteiger charge is 2.19. The summed E-state index contributed by atoms with van der Waals surface area (Å²) in [6, 6.07) is 9.97. The first-order chi connectivity index (χ1) is 9.15. The number of hydrogen-bond acceptors (Lipinski definition) is 3. The average Bonchev–Trinajstić information content (AvgIpc) is 2.87. The summed E-state index contributed by atoms with van der Waals surface area (Å²) < 4.78 is 18.0. The van der Waals surface area contributed by atoms with Crippen molar-refractivity contribution in [1.82, 2.24) is 5.32 Å². The molecule has 2 aromatic rings. The smallest absolute Gasteiger partial charge is 0.134 e. The van der Waals surface area contributed by atoms with Crippen LogP contribution in [0.15, 0.2) is 34.7 Å². The van der Waals surface area contributed by atoms with Gasteiger partial charge in [-0.25, -0.2) is 0 Å². The van der Waals surface area contributed by atoms with Crippen molar-refractivity contribution in [3.05, 3.63) is 36.1 Å². The Kier molecular flexibility index (Phi) is 4.77. The highest BCUT2D eigenvalue weighted by Crippen LogP contribution is 2.24. The summed E-state index contributed by atoms with van der Waals surface area (Å²) in [7, 11) is 1.04. The second-order valence-electron chi connectivity index (χ2n) is 4.79. The van der Waals surface area contributed by atoms with E-state index in [0.717, 1.165) is 23.2 Å². The van der Waals surface area contributed by atoms with Crippen molar-refractivity contribution < 1.29 is 8.63 Å². The second-order valence-corrected chi connectivity index (χ2v) is 6.69. The predicted molar refractivity (Wildman–Crippen MR) is 80.8 cm³/mol. The average molecular weight is 279 g/mol.